The molecule has 104 valence electrons. The molecule has 0 atom stereocenters. The van der Waals surface area contributed by atoms with Gasteiger partial charge in [0.25, 0.3) is 0 Å². The Morgan fingerprint density at radius 1 is 1.40 bits per heavy atom. The van der Waals surface area contributed by atoms with Crippen molar-refractivity contribution in [1.29, 1.82) is 0 Å². The van der Waals surface area contributed by atoms with Crippen molar-refractivity contribution in [2.45, 2.75) is 13.0 Å². The summed E-state index contributed by atoms with van der Waals surface area (Å²) in [5, 5.41) is 4.04. The highest BCUT2D eigenvalue weighted by atomic mass is 35.5. The third kappa shape index (κ3) is 4.29. The standard InChI is InChI=1S/C15H14ClFN2O/c1-19-10-13(9-18-19)11-20-15-7-12(4-2-3-5-16)6-14(17)8-15/h6-10H,3,5,11H2,1H3. The molecule has 1 heterocycles. The minimum atomic E-state index is -0.371. The molecule has 1 aromatic carbocycles. The Kier molecular flexibility index (Phi) is 5.03. The van der Waals surface area contributed by atoms with E-state index in [0.29, 0.717) is 30.2 Å². The molecule has 0 saturated heterocycles. The van der Waals surface area contributed by atoms with E-state index in [1.807, 2.05) is 13.2 Å². The van der Waals surface area contributed by atoms with Crippen LogP contribution >= 0.6 is 11.6 Å². The lowest BCUT2D eigenvalue weighted by Gasteiger charge is -2.05. The first-order chi connectivity index (χ1) is 9.67. The molecule has 0 amide bonds. The number of hydrogen-bond donors (Lipinski definition) is 0. The lowest BCUT2D eigenvalue weighted by atomic mass is 10.2. The topological polar surface area (TPSA) is 27.1 Å². The molecule has 0 unspecified atom stereocenters. The predicted octanol–water partition coefficient (Wildman–Crippen LogP) is 3.12. The summed E-state index contributed by atoms with van der Waals surface area (Å²) in [7, 11) is 1.83. The third-order valence-electron chi connectivity index (χ3n) is 2.49. The smallest absolute Gasteiger partial charge is 0.128 e. The third-order valence-corrected chi connectivity index (χ3v) is 2.68. The normalized spacial score (nSPS) is 9.95. The SMILES string of the molecule is Cn1cc(COc2cc(F)cc(C#CCCCl)c2)cn1. The van der Waals surface area contributed by atoms with Crippen LogP contribution in [0.2, 0.25) is 0 Å². The number of alkyl halides is 1. The van der Waals surface area contributed by atoms with Gasteiger partial charge in [-0.2, -0.15) is 5.10 Å². The van der Waals surface area contributed by atoms with Gasteiger partial charge >= 0.3 is 0 Å². The fraction of sp³-hybridized carbons (Fsp3) is 0.267. The molecule has 0 spiro atoms. The molecule has 3 nitrogen and oxygen atoms in total. The Labute approximate surface area is 122 Å². The molecule has 0 N–H and O–H groups in total. The summed E-state index contributed by atoms with van der Waals surface area (Å²) in [6, 6.07) is 4.42. The van der Waals surface area contributed by atoms with Gasteiger partial charge in [-0.05, 0) is 12.1 Å². The van der Waals surface area contributed by atoms with Gasteiger partial charge in [-0.1, -0.05) is 11.8 Å². The van der Waals surface area contributed by atoms with E-state index in [1.54, 1.807) is 16.9 Å². The summed E-state index contributed by atoms with van der Waals surface area (Å²) >= 11 is 5.54. The van der Waals surface area contributed by atoms with Gasteiger partial charge in [-0.15, -0.1) is 11.6 Å². The average molecular weight is 293 g/mol. The van der Waals surface area contributed by atoms with Crippen LogP contribution < -0.4 is 4.74 Å². The van der Waals surface area contributed by atoms with E-state index < -0.39 is 0 Å². The molecular formula is C15H14ClFN2O. The number of aromatic nitrogens is 2. The number of hydrogen-bond acceptors (Lipinski definition) is 2. The van der Waals surface area contributed by atoms with Crippen LogP contribution in [0.25, 0.3) is 0 Å². The molecule has 5 heteroatoms. The predicted molar refractivity (Wildman–Crippen MR) is 76.2 cm³/mol. The Hall–Kier alpha value is -1.99. The van der Waals surface area contributed by atoms with Crippen molar-refractivity contribution in [3.8, 4) is 17.6 Å². The monoisotopic (exact) mass is 292 g/mol. The molecule has 0 saturated carbocycles. The summed E-state index contributed by atoms with van der Waals surface area (Å²) in [4.78, 5) is 0. The maximum absolute atomic E-state index is 13.5. The lowest BCUT2D eigenvalue weighted by Crippen LogP contribution is -1.95. The van der Waals surface area contributed by atoms with Crippen LogP contribution in [0, 0.1) is 17.7 Å². The summed E-state index contributed by atoms with van der Waals surface area (Å²) in [6.07, 6.45) is 4.13. The highest BCUT2D eigenvalue weighted by molar-refractivity contribution is 6.18. The van der Waals surface area contributed by atoms with Gasteiger partial charge in [-0.25, -0.2) is 4.39 Å². The zero-order chi connectivity index (χ0) is 14.4. The van der Waals surface area contributed by atoms with Gasteiger partial charge in [-0.3, -0.25) is 4.68 Å². The zero-order valence-corrected chi connectivity index (χ0v) is 11.8. The maximum atomic E-state index is 13.5. The molecule has 0 bridgehead atoms. The lowest BCUT2D eigenvalue weighted by molar-refractivity contribution is 0.304. The summed E-state index contributed by atoms with van der Waals surface area (Å²) in [6.45, 7) is 0.339. The number of halogens is 2. The number of benzene rings is 1. The first-order valence-electron chi connectivity index (χ1n) is 6.13. The van der Waals surface area contributed by atoms with Crippen molar-refractivity contribution in [1.82, 2.24) is 9.78 Å². The first kappa shape index (κ1) is 14.4. The molecular weight excluding hydrogens is 279 g/mol. The van der Waals surface area contributed by atoms with E-state index in [-0.39, 0.29) is 5.82 Å². The summed E-state index contributed by atoms with van der Waals surface area (Å²) in [5.41, 5.74) is 1.50. The van der Waals surface area contributed by atoms with Crippen molar-refractivity contribution in [2.75, 3.05) is 5.88 Å². The second-order valence-electron chi connectivity index (χ2n) is 4.23. The summed E-state index contributed by atoms with van der Waals surface area (Å²) < 4.78 is 20.7. The van der Waals surface area contributed by atoms with Crippen LogP contribution in [-0.4, -0.2) is 15.7 Å². The van der Waals surface area contributed by atoms with Gasteiger partial charge in [0, 0.05) is 42.7 Å². The molecule has 20 heavy (non-hydrogen) atoms. The van der Waals surface area contributed by atoms with Crippen LogP contribution in [0.15, 0.2) is 30.6 Å². The number of aryl methyl sites for hydroxylation is 1. The van der Waals surface area contributed by atoms with Gasteiger partial charge < -0.3 is 4.74 Å². The molecule has 2 rings (SSSR count). The van der Waals surface area contributed by atoms with Gasteiger partial charge in [0.2, 0.25) is 0 Å². The molecule has 1 aromatic heterocycles. The van der Waals surface area contributed by atoms with E-state index in [0.717, 1.165) is 5.56 Å². The second kappa shape index (κ2) is 6.97. The number of nitrogens with zero attached hydrogens (tertiary/aromatic N) is 2. The van der Waals surface area contributed by atoms with Crippen molar-refractivity contribution in [3.05, 3.63) is 47.5 Å². The first-order valence-corrected chi connectivity index (χ1v) is 6.66. The quantitative estimate of drug-likeness (QED) is 0.639. The molecule has 2 aromatic rings. The summed E-state index contributed by atoms with van der Waals surface area (Å²) in [5.74, 6) is 6.27. The molecule has 0 aliphatic heterocycles. The highest BCUT2D eigenvalue weighted by Crippen LogP contribution is 2.17. The fourth-order valence-electron chi connectivity index (χ4n) is 1.64. The van der Waals surface area contributed by atoms with Crippen molar-refractivity contribution in [2.24, 2.45) is 7.05 Å². The van der Waals surface area contributed by atoms with Crippen LogP contribution in [0.4, 0.5) is 4.39 Å². The Morgan fingerprint density at radius 3 is 2.95 bits per heavy atom. The van der Waals surface area contributed by atoms with Gasteiger partial charge in [0.15, 0.2) is 0 Å². The van der Waals surface area contributed by atoms with E-state index in [1.165, 1.54) is 12.1 Å². The minimum Gasteiger partial charge on any atom is -0.489 e. The second-order valence-corrected chi connectivity index (χ2v) is 4.61. The molecule has 0 fully saturated rings. The number of ether oxygens (including phenoxy) is 1. The molecule has 0 radical (unpaired) electrons. The number of rotatable bonds is 4. The van der Waals surface area contributed by atoms with E-state index in [4.69, 9.17) is 16.3 Å². The Morgan fingerprint density at radius 2 is 2.25 bits per heavy atom. The van der Waals surface area contributed by atoms with Gasteiger partial charge in [0.05, 0.1) is 6.20 Å². The van der Waals surface area contributed by atoms with Crippen LogP contribution in [-0.2, 0) is 13.7 Å². The van der Waals surface area contributed by atoms with Crippen LogP contribution in [0.5, 0.6) is 5.75 Å². The van der Waals surface area contributed by atoms with Crippen molar-refractivity contribution < 1.29 is 9.13 Å². The Bertz CT molecular complexity index is 643. The fourth-order valence-corrected chi connectivity index (χ4v) is 1.74. The Balaban J connectivity index is 2.06. The minimum absolute atomic E-state index is 0.339. The zero-order valence-electron chi connectivity index (χ0n) is 11.1. The van der Waals surface area contributed by atoms with Crippen LogP contribution in [0.3, 0.4) is 0 Å². The van der Waals surface area contributed by atoms with E-state index >= 15 is 0 Å². The van der Waals surface area contributed by atoms with Crippen molar-refractivity contribution >= 4 is 11.6 Å². The molecule has 0 aliphatic carbocycles. The molecule has 0 aliphatic rings. The van der Waals surface area contributed by atoms with E-state index in [2.05, 4.69) is 16.9 Å². The average Bonchev–Trinajstić information content (AvgIpc) is 2.82. The van der Waals surface area contributed by atoms with E-state index in [9.17, 15) is 4.39 Å². The van der Waals surface area contributed by atoms with Crippen molar-refractivity contribution in [3.63, 3.8) is 0 Å². The van der Waals surface area contributed by atoms with Crippen LogP contribution in [0.1, 0.15) is 17.5 Å². The maximum Gasteiger partial charge on any atom is 0.128 e. The highest BCUT2D eigenvalue weighted by Gasteiger charge is 2.02. The largest absolute Gasteiger partial charge is 0.489 e. The van der Waals surface area contributed by atoms with Gasteiger partial charge in [0.1, 0.15) is 18.2 Å².